The van der Waals surface area contributed by atoms with Crippen molar-refractivity contribution in [2.45, 2.75) is 39.7 Å². The molecule has 0 aromatic carbocycles. The van der Waals surface area contributed by atoms with Gasteiger partial charge in [-0.25, -0.2) is 4.98 Å². The molecule has 0 fully saturated rings. The minimum atomic E-state index is -0.928. The number of carboxylic acids is 1. The average molecular weight is 285 g/mol. The van der Waals surface area contributed by atoms with E-state index in [1.165, 1.54) is 0 Å². The van der Waals surface area contributed by atoms with E-state index in [2.05, 4.69) is 4.98 Å². The fourth-order valence-electron chi connectivity index (χ4n) is 1.69. The first-order chi connectivity index (χ1) is 8.62. The molecule has 3 N–H and O–H groups in total. The number of aromatic nitrogens is 1. The summed E-state index contributed by atoms with van der Waals surface area (Å²) in [5, 5.41) is 9.11. The van der Waals surface area contributed by atoms with Crippen LogP contribution in [-0.4, -0.2) is 39.0 Å². The predicted molar refractivity (Wildman–Crippen MR) is 74.3 cm³/mol. The first-order valence-electron chi connectivity index (χ1n) is 5.89. The fraction of sp³-hybridized carbons (Fsp3) is 0.583. The Bertz CT molecular complexity index is 491. The van der Waals surface area contributed by atoms with E-state index in [0.717, 1.165) is 11.3 Å². The third kappa shape index (κ3) is 3.92. The van der Waals surface area contributed by atoms with E-state index in [1.807, 2.05) is 20.8 Å². The molecule has 6 nitrogen and oxygen atoms in total. The molecule has 7 heteroatoms. The van der Waals surface area contributed by atoms with Gasteiger partial charge in [0.15, 0.2) is 5.13 Å². The molecule has 0 saturated carbocycles. The Labute approximate surface area is 116 Å². The molecule has 0 unspecified atom stereocenters. The van der Waals surface area contributed by atoms with E-state index in [0.29, 0.717) is 15.7 Å². The third-order valence-electron chi connectivity index (χ3n) is 2.61. The Morgan fingerprint density at radius 3 is 2.37 bits per heavy atom. The van der Waals surface area contributed by atoms with Gasteiger partial charge in [0.2, 0.25) is 0 Å². The maximum Gasteiger partial charge on any atom is 0.305 e. The lowest BCUT2D eigenvalue weighted by molar-refractivity contribution is -0.137. The van der Waals surface area contributed by atoms with Crippen LogP contribution in [-0.2, 0) is 4.79 Å². The number of carboxylic acid groups (broad SMARTS) is 1. The minimum absolute atomic E-state index is 0.0870. The first kappa shape index (κ1) is 15.4. The van der Waals surface area contributed by atoms with Crippen molar-refractivity contribution in [1.82, 2.24) is 9.88 Å². The van der Waals surface area contributed by atoms with Gasteiger partial charge >= 0.3 is 5.97 Å². The lowest BCUT2D eigenvalue weighted by Gasteiger charge is -2.35. The van der Waals surface area contributed by atoms with Gasteiger partial charge < -0.3 is 15.7 Å². The van der Waals surface area contributed by atoms with E-state index in [9.17, 15) is 9.59 Å². The van der Waals surface area contributed by atoms with Crippen molar-refractivity contribution in [3.8, 4) is 0 Å². The number of carbonyl (C=O) groups excluding carboxylic acids is 1. The number of carbonyl (C=O) groups is 2. The quantitative estimate of drug-likeness (QED) is 0.878. The summed E-state index contributed by atoms with van der Waals surface area (Å²) in [7, 11) is 0. The largest absolute Gasteiger partial charge is 0.481 e. The van der Waals surface area contributed by atoms with Crippen LogP contribution < -0.4 is 5.73 Å². The van der Waals surface area contributed by atoms with Crippen LogP contribution in [0.25, 0.3) is 0 Å². The molecule has 1 amide bonds. The first-order valence-corrected chi connectivity index (χ1v) is 6.71. The van der Waals surface area contributed by atoms with Gasteiger partial charge in [-0.05, 0) is 27.7 Å². The second-order valence-corrected chi connectivity index (χ2v) is 6.27. The number of amides is 1. The van der Waals surface area contributed by atoms with Crippen molar-refractivity contribution >= 4 is 28.3 Å². The molecule has 1 aromatic heterocycles. The number of aryl methyl sites for hydroxylation is 1. The monoisotopic (exact) mass is 285 g/mol. The third-order valence-corrected chi connectivity index (χ3v) is 3.59. The standard InChI is InChI=1S/C12H19N3O3S/c1-7-9(19-11(13)14-7)10(18)15(12(2,3)4)6-5-8(16)17/h5-6H2,1-4H3,(H2,13,14)(H,16,17). The SMILES string of the molecule is Cc1nc(N)sc1C(=O)N(CCC(=O)O)C(C)(C)C. The van der Waals surface area contributed by atoms with Crippen LogP contribution in [0.2, 0.25) is 0 Å². The molecule has 0 aliphatic heterocycles. The van der Waals surface area contributed by atoms with Crippen molar-refractivity contribution in [3.05, 3.63) is 10.6 Å². The Morgan fingerprint density at radius 2 is 2.00 bits per heavy atom. The van der Waals surface area contributed by atoms with Crippen molar-refractivity contribution in [1.29, 1.82) is 0 Å². The lowest BCUT2D eigenvalue weighted by atomic mass is 10.0. The molecule has 0 bridgehead atoms. The maximum absolute atomic E-state index is 12.5. The van der Waals surface area contributed by atoms with Crippen LogP contribution in [0.5, 0.6) is 0 Å². The lowest BCUT2D eigenvalue weighted by Crippen LogP contribution is -2.46. The highest BCUT2D eigenvalue weighted by Gasteiger charge is 2.30. The fourth-order valence-corrected chi connectivity index (χ4v) is 2.47. The molecular formula is C12H19N3O3S. The Morgan fingerprint density at radius 1 is 1.42 bits per heavy atom. The number of nitrogen functional groups attached to an aromatic ring is 1. The second-order valence-electron chi connectivity index (χ2n) is 5.24. The molecule has 0 spiro atoms. The molecule has 1 aromatic rings. The number of hydrogen-bond acceptors (Lipinski definition) is 5. The topological polar surface area (TPSA) is 96.5 Å². The summed E-state index contributed by atoms with van der Waals surface area (Å²) < 4.78 is 0. The van der Waals surface area contributed by atoms with Gasteiger partial charge in [-0.1, -0.05) is 11.3 Å². The number of aliphatic carboxylic acids is 1. The highest BCUT2D eigenvalue weighted by Crippen LogP contribution is 2.25. The van der Waals surface area contributed by atoms with Crippen molar-refractivity contribution in [3.63, 3.8) is 0 Å². The molecule has 106 valence electrons. The van der Waals surface area contributed by atoms with Crippen molar-refractivity contribution < 1.29 is 14.7 Å². The van der Waals surface area contributed by atoms with Gasteiger partial charge in [0.1, 0.15) is 4.88 Å². The average Bonchev–Trinajstić information content (AvgIpc) is 2.55. The highest BCUT2D eigenvalue weighted by atomic mass is 32.1. The zero-order valence-corrected chi connectivity index (χ0v) is 12.4. The number of rotatable bonds is 4. The zero-order valence-electron chi connectivity index (χ0n) is 11.6. The zero-order chi connectivity index (χ0) is 14.8. The summed E-state index contributed by atoms with van der Waals surface area (Å²) in [4.78, 5) is 29.2. The van der Waals surface area contributed by atoms with Gasteiger partial charge in [-0.3, -0.25) is 9.59 Å². The van der Waals surface area contributed by atoms with E-state index in [1.54, 1.807) is 11.8 Å². The molecule has 0 aliphatic rings. The molecule has 1 rings (SSSR count). The summed E-state index contributed by atoms with van der Waals surface area (Å²) in [5.74, 6) is -1.15. The Kier molecular flexibility index (Phi) is 4.52. The number of thiazole rings is 1. The minimum Gasteiger partial charge on any atom is -0.481 e. The van der Waals surface area contributed by atoms with E-state index >= 15 is 0 Å². The van der Waals surface area contributed by atoms with Crippen LogP contribution >= 0.6 is 11.3 Å². The van der Waals surface area contributed by atoms with Crippen molar-refractivity contribution in [2.75, 3.05) is 12.3 Å². The summed E-state index contributed by atoms with van der Waals surface area (Å²) in [5.41, 5.74) is 5.71. The summed E-state index contributed by atoms with van der Waals surface area (Å²) in [6.07, 6.45) is -0.0870. The summed E-state index contributed by atoms with van der Waals surface area (Å²) in [6.45, 7) is 7.48. The van der Waals surface area contributed by atoms with E-state index < -0.39 is 11.5 Å². The second kappa shape index (κ2) is 5.56. The summed E-state index contributed by atoms with van der Waals surface area (Å²) in [6, 6.07) is 0. The number of nitrogens with two attached hydrogens (primary N) is 1. The van der Waals surface area contributed by atoms with Crippen LogP contribution in [0.3, 0.4) is 0 Å². The van der Waals surface area contributed by atoms with Crippen LogP contribution in [0.1, 0.15) is 42.6 Å². The van der Waals surface area contributed by atoms with Gasteiger partial charge in [0, 0.05) is 12.1 Å². The number of hydrogen-bond donors (Lipinski definition) is 2. The Balaban J connectivity index is 3.01. The number of nitrogens with zero attached hydrogens (tertiary/aromatic N) is 2. The van der Waals surface area contributed by atoms with Gasteiger partial charge in [0.25, 0.3) is 5.91 Å². The Hall–Kier alpha value is -1.63. The van der Waals surface area contributed by atoms with Crippen LogP contribution in [0, 0.1) is 6.92 Å². The maximum atomic E-state index is 12.5. The van der Waals surface area contributed by atoms with Crippen LogP contribution in [0.15, 0.2) is 0 Å². The normalized spacial score (nSPS) is 11.4. The molecule has 0 radical (unpaired) electrons. The number of anilines is 1. The van der Waals surface area contributed by atoms with Crippen molar-refractivity contribution in [2.24, 2.45) is 0 Å². The van der Waals surface area contributed by atoms with E-state index in [4.69, 9.17) is 10.8 Å². The smallest absolute Gasteiger partial charge is 0.305 e. The highest BCUT2D eigenvalue weighted by molar-refractivity contribution is 7.17. The van der Waals surface area contributed by atoms with Gasteiger partial charge in [0.05, 0.1) is 12.1 Å². The molecule has 0 aliphatic carbocycles. The molecule has 0 saturated heterocycles. The van der Waals surface area contributed by atoms with Gasteiger partial charge in [-0.15, -0.1) is 0 Å². The van der Waals surface area contributed by atoms with Gasteiger partial charge in [-0.2, -0.15) is 0 Å². The molecule has 0 atom stereocenters. The summed E-state index contributed by atoms with van der Waals surface area (Å²) >= 11 is 1.13. The van der Waals surface area contributed by atoms with Crippen LogP contribution in [0.4, 0.5) is 5.13 Å². The molecule has 19 heavy (non-hydrogen) atoms. The molecular weight excluding hydrogens is 266 g/mol. The molecule has 1 heterocycles. The van der Waals surface area contributed by atoms with E-state index in [-0.39, 0.29) is 18.9 Å². The predicted octanol–water partition coefficient (Wildman–Crippen LogP) is 1.75.